The first kappa shape index (κ1) is 12.3. The summed E-state index contributed by atoms with van der Waals surface area (Å²) in [5.41, 5.74) is 5.44. The molecule has 3 N–H and O–H groups in total. The van der Waals surface area contributed by atoms with Gasteiger partial charge in [0.1, 0.15) is 5.82 Å². The van der Waals surface area contributed by atoms with Crippen molar-refractivity contribution in [3.63, 3.8) is 0 Å². The van der Waals surface area contributed by atoms with E-state index in [0.717, 1.165) is 18.8 Å². The molecule has 2 heterocycles. The summed E-state index contributed by atoms with van der Waals surface area (Å²) in [5, 5.41) is 4.30. The average molecular weight is 250 g/mol. The number of hydrogen-bond donors (Lipinski definition) is 2. The van der Waals surface area contributed by atoms with Gasteiger partial charge in [-0.25, -0.2) is 4.98 Å². The van der Waals surface area contributed by atoms with Crippen molar-refractivity contribution in [1.29, 1.82) is 0 Å². The van der Waals surface area contributed by atoms with Gasteiger partial charge < -0.3 is 4.57 Å². The van der Waals surface area contributed by atoms with Crippen LogP contribution in [0.2, 0.25) is 0 Å². The summed E-state index contributed by atoms with van der Waals surface area (Å²) in [6, 6.07) is 0.133. The molecule has 0 aliphatic rings. The van der Waals surface area contributed by atoms with Crippen LogP contribution in [0.5, 0.6) is 0 Å². The Kier molecular flexibility index (Phi) is 3.93. The Morgan fingerprint density at radius 2 is 2.35 bits per heavy atom. The van der Waals surface area contributed by atoms with E-state index in [1.807, 2.05) is 12.4 Å². The highest BCUT2D eigenvalue weighted by molar-refractivity contribution is 7.08. The molecule has 0 aliphatic carbocycles. The predicted molar refractivity (Wildman–Crippen MR) is 70.7 cm³/mol. The standard InChI is InChI=1S/C12H18N4S/c1-3-16-5-4-14-12(16)6-11(15-13)10-8-17-7-9(10)2/h4-5,7-8,11,15H,3,6,13H2,1-2H3. The molecule has 17 heavy (non-hydrogen) atoms. The van der Waals surface area contributed by atoms with E-state index in [1.165, 1.54) is 11.1 Å². The molecule has 0 spiro atoms. The van der Waals surface area contributed by atoms with Crippen LogP contribution < -0.4 is 11.3 Å². The smallest absolute Gasteiger partial charge is 0.110 e. The molecule has 1 atom stereocenters. The summed E-state index contributed by atoms with van der Waals surface area (Å²) in [6.45, 7) is 5.17. The third-order valence-corrected chi connectivity index (χ3v) is 3.88. The maximum Gasteiger partial charge on any atom is 0.110 e. The van der Waals surface area contributed by atoms with E-state index in [2.05, 4.69) is 39.6 Å². The maximum absolute atomic E-state index is 5.66. The molecular weight excluding hydrogens is 232 g/mol. The van der Waals surface area contributed by atoms with Crippen LogP contribution in [0.25, 0.3) is 0 Å². The molecule has 0 fully saturated rings. The van der Waals surface area contributed by atoms with Gasteiger partial charge in [0.2, 0.25) is 0 Å². The monoisotopic (exact) mass is 250 g/mol. The van der Waals surface area contributed by atoms with Crippen molar-refractivity contribution in [2.75, 3.05) is 0 Å². The van der Waals surface area contributed by atoms with Gasteiger partial charge in [-0.1, -0.05) is 0 Å². The fourth-order valence-electron chi connectivity index (χ4n) is 1.99. The molecule has 92 valence electrons. The van der Waals surface area contributed by atoms with E-state index in [1.54, 1.807) is 11.3 Å². The predicted octanol–water partition coefficient (Wildman–Crippen LogP) is 2.02. The summed E-state index contributed by atoms with van der Waals surface area (Å²) in [5.74, 6) is 6.73. The first-order valence-corrected chi connectivity index (χ1v) is 6.69. The minimum absolute atomic E-state index is 0.133. The molecule has 0 aromatic carbocycles. The second-order valence-corrected chi connectivity index (χ2v) is 4.81. The minimum atomic E-state index is 0.133. The Hall–Kier alpha value is -1.17. The number of hydrazine groups is 1. The number of aryl methyl sites for hydroxylation is 2. The van der Waals surface area contributed by atoms with Crippen LogP contribution in [0.1, 0.15) is 29.9 Å². The van der Waals surface area contributed by atoms with Gasteiger partial charge in [0.05, 0.1) is 6.04 Å². The van der Waals surface area contributed by atoms with Crippen molar-refractivity contribution >= 4 is 11.3 Å². The maximum atomic E-state index is 5.66. The van der Waals surface area contributed by atoms with Crippen molar-refractivity contribution in [3.8, 4) is 0 Å². The molecule has 0 bridgehead atoms. The van der Waals surface area contributed by atoms with E-state index < -0.39 is 0 Å². The molecule has 4 nitrogen and oxygen atoms in total. The Morgan fingerprint density at radius 3 is 2.94 bits per heavy atom. The number of aromatic nitrogens is 2. The lowest BCUT2D eigenvalue weighted by molar-refractivity contribution is 0.522. The van der Waals surface area contributed by atoms with Gasteiger partial charge in [0, 0.05) is 25.4 Å². The van der Waals surface area contributed by atoms with Crippen LogP contribution >= 0.6 is 11.3 Å². The van der Waals surface area contributed by atoms with Gasteiger partial charge in [-0.3, -0.25) is 11.3 Å². The van der Waals surface area contributed by atoms with Gasteiger partial charge in [0.15, 0.2) is 0 Å². The lowest BCUT2D eigenvalue weighted by Gasteiger charge is -2.16. The highest BCUT2D eigenvalue weighted by Gasteiger charge is 2.16. The summed E-state index contributed by atoms with van der Waals surface area (Å²) in [7, 11) is 0. The molecule has 0 amide bonds. The van der Waals surface area contributed by atoms with Crippen molar-refractivity contribution in [2.45, 2.75) is 32.9 Å². The Balaban J connectivity index is 2.19. The number of rotatable bonds is 5. The van der Waals surface area contributed by atoms with Gasteiger partial charge in [-0.05, 0) is 35.7 Å². The SMILES string of the molecule is CCn1ccnc1CC(NN)c1cscc1C. The number of thiophene rings is 1. The summed E-state index contributed by atoms with van der Waals surface area (Å²) in [6.07, 6.45) is 4.66. The average Bonchev–Trinajstić information content (AvgIpc) is 2.94. The van der Waals surface area contributed by atoms with E-state index >= 15 is 0 Å². The van der Waals surface area contributed by atoms with Crippen molar-refractivity contribution in [1.82, 2.24) is 15.0 Å². The third kappa shape index (κ3) is 2.57. The van der Waals surface area contributed by atoms with Crippen molar-refractivity contribution < 1.29 is 0 Å². The van der Waals surface area contributed by atoms with Gasteiger partial charge in [-0.15, -0.1) is 0 Å². The quantitative estimate of drug-likeness (QED) is 0.630. The molecule has 0 saturated carbocycles. The number of nitrogens with zero attached hydrogens (tertiary/aromatic N) is 2. The number of hydrogen-bond acceptors (Lipinski definition) is 4. The van der Waals surface area contributed by atoms with Gasteiger partial charge in [-0.2, -0.15) is 11.3 Å². The summed E-state index contributed by atoms with van der Waals surface area (Å²) >= 11 is 1.71. The molecular formula is C12H18N4S. The van der Waals surface area contributed by atoms with Gasteiger partial charge >= 0.3 is 0 Å². The lowest BCUT2D eigenvalue weighted by atomic mass is 10.0. The topological polar surface area (TPSA) is 55.9 Å². The van der Waals surface area contributed by atoms with Gasteiger partial charge in [0.25, 0.3) is 0 Å². The minimum Gasteiger partial charge on any atom is -0.335 e. The van der Waals surface area contributed by atoms with Crippen LogP contribution in [0.3, 0.4) is 0 Å². The Labute approximate surface area is 105 Å². The largest absolute Gasteiger partial charge is 0.335 e. The van der Waals surface area contributed by atoms with E-state index in [0.29, 0.717) is 0 Å². The molecule has 0 aliphatic heterocycles. The fourth-order valence-corrected chi connectivity index (χ4v) is 2.89. The second-order valence-electron chi connectivity index (χ2n) is 4.06. The second kappa shape index (κ2) is 5.44. The molecule has 1 unspecified atom stereocenters. The number of nitrogens with two attached hydrogens (primary N) is 1. The Morgan fingerprint density at radius 1 is 1.53 bits per heavy atom. The van der Waals surface area contributed by atoms with Crippen LogP contribution in [0, 0.1) is 6.92 Å². The highest BCUT2D eigenvalue weighted by atomic mass is 32.1. The fraction of sp³-hybridized carbons (Fsp3) is 0.417. The molecule has 0 saturated heterocycles. The van der Waals surface area contributed by atoms with Crippen LogP contribution in [0.15, 0.2) is 23.2 Å². The summed E-state index contributed by atoms with van der Waals surface area (Å²) in [4.78, 5) is 4.39. The third-order valence-electron chi connectivity index (χ3n) is 3.00. The zero-order valence-corrected chi connectivity index (χ0v) is 11.0. The zero-order valence-electron chi connectivity index (χ0n) is 10.2. The van der Waals surface area contributed by atoms with E-state index in [9.17, 15) is 0 Å². The molecule has 2 aromatic heterocycles. The number of nitrogens with one attached hydrogen (secondary N) is 1. The Bertz CT molecular complexity index is 474. The van der Waals surface area contributed by atoms with Crippen LogP contribution in [-0.4, -0.2) is 9.55 Å². The van der Waals surface area contributed by atoms with Crippen LogP contribution in [0.4, 0.5) is 0 Å². The lowest BCUT2D eigenvalue weighted by Crippen LogP contribution is -2.30. The first-order valence-electron chi connectivity index (χ1n) is 5.75. The first-order chi connectivity index (χ1) is 8.26. The van der Waals surface area contributed by atoms with Crippen molar-refractivity contribution in [2.24, 2.45) is 5.84 Å². The number of imidazole rings is 1. The van der Waals surface area contributed by atoms with E-state index in [4.69, 9.17) is 5.84 Å². The molecule has 2 rings (SSSR count). The van der Waals surface area contributed by atoms with E-state index in [-0.39, 0.29) is 6.04 Å². The molecule has 2 aromatic rings. The normalized spacial score (nSPS) is 12.9. The molecule has 0 radical (unpaired) electrons. The highest BCUT2D eigenvalue weighted by Crippen LogP contribution is 2.23. The van der Waals surface area contributed by atoms with Crippen LogP contribution in [-0.2, 0) is 13.0 Å². The summed E-state index contributed by atoms with van der Waals surface area (Å²) < 4.78 is 2.14. The zero-order chi connectivity index (χ0) is 12.3. The van der Waals surface area contributed by atoms with Crippen molar-refractivity contribution in [3.05, 3.63) is 40.1 Å². The molecule has 5 heteroatoms.